The fourth-order valence-electron chi connectivity index (χ4n) is 2.64. The Bertz CT molecular complexity index is 533. The van der Waals surface area contributed by atoms with Gasteiger partial charge in [0.25, 0.3) is 0 Å². The van der Waals surface area contributed by atoms with Gasteiger partial charge in [0.05, 0.1) is 0 Å². The quantitative estimate of drug-likeness (QED) is 0.927. The zero-order chi connectivity index (χ0) is 13.2. The van der Waals surface area contributed by atoms with Crippen LogP contribution in [0.4, 0.5) is 0 Å². The third kappa shape index (κ3) is 2.88. The predicted molar refractivity (Wildman–Crippen MR) is 80.6 cm³/mol. The number of nitrogens with zero attached hydrogens (tertiary/aromatic N) is 1. The van der Waals surface area contributed by atoms with Gasteiger partial charge in [0.2, 0.25) is 0 Å². The van der Waals surface area contributed by atoms with E-state index in [9.17, 15) is 0 Å². The number of rotatable bonds is 3. The molecule has 2 nitrogen and oxygen atoms in total. The van der Waals surface area contributed by atoms with Crippen LogP contribution in [0.5, 0.6) is 0 Å². The lowest BCUT2D eigenvalue weighted by Gasteiger charge is -2.09. The topological polar surface area (TPSA) is 38.9 Å². The smallest absolute Gasteiger partial charge is 0.0446 e. The zero-order valence-electron chi connectivity index (χ0n) is 11.4. The maximum atomic E-state index is 6.35. The summed E-state index contributed by atoms with van der Waals surface area (Å²) in [4.78, 5) is 7.34. The summed E-state index contributed by atoms with van der Waals surface area (Å²) >= 11 is 1.91. The van der Waals surface area contributed by atoms with Crippen LogP contribution in [-0.4, -0.2) is 4.98 Å². The zero-order valence-corrected chi connectivity index (χ0v) is 12.2. The molecule has 2 aromatic heterocycles. The van der Waals surface area contributed by atoms with E-state index < -0.39 is 0 Å². The van der Waals surface area contributed by atoms with Crippen LogP contribution in [0.2, 0.25) is 0 Å². The van der Waals surface area contributed by atoms with Crippen LogP contribution in [0.25, 0.3) is 0 Å². The standard InChI is InChI=1S/C16H20N2S/c1-11-6-7-13(18-10-11)9-14(17)16-8-12-4-2-3-5-15(12)19-16/h6-8,10,14H,2-5,9,17H2,1H3. The van der Waals surface area contributed by atoms with Crippen LogP contribution < -0.4 is 5.73 Å². The van der Waals surface area contributed by atoms with E-state index in [0.29, 0.717) is 0 Å². The number of nitrogens with two attached hydrogens (primary N) is 1. The fourth-order valence-corrected chi connectivity index (χ4v) is 3.90. The van der Waals surface area contributed by atoms with Gasteiger partial charge < -0.3 is 5.73 Å². The minimum atomic E-state index is 0.0887. The lowest BCUT2D eigenvalue weighted by atomic mass is 9.98. The number of aromatic nitrogens is 1. The van der Waals surface area contributed by atoms with Gasteiger partial charge >= 0.3 is 0 Å². The van der Waals surface area contributed by atoms with E-state index >= 15 is 0 Å². The molecule has 3 heteroatoms. The van der Waals surface area contributed by atoms with Crippen molar-refractivity contribution in [3.63, 3.8) is 0 Å². The first-order valence-electron chi connectivity index (χ1n) is 7.01. The van der Waals surface area contributed by atoms with E-state index in [1.165, 1.54) is 36.1 Å². The molecule has 0 fully saturated rings. The molecule has 0 radical (unpaired) electrons. The molecular weight excluding hydrogens is 252 g/mol. The van der Waals surface area contributed by atoms with Crippen LogP contribution in [0.3, 0.4) is 0 Å². The highest BCUT2D eigenvalue weighted by Crippen LogP contribution is 2.33. The lowest BCUT2D eigenvalue weighted by Crippen LogP contribution is -2.12. The first kappa shape index (κ1) is 12.8. The molecule has 0 aromatic carbocycles. The maximum absolute atomic E-state index is 6.35. The number of hydrogen-bond acceptors (Lipinski definition) is 3. The fraction of sp³-hybridized carbons (Fsp3) is 0.438. The summed E-state index contributed by atoms with van der Waals surface area (Å²) in [6.45, 7) is 2.06. The van der Waals surface area contributed by atoms with Gasteiger partial charge in [-0.1, -0.05) is 6.07 Å². The molecule has 1 unspecified atom stereocenters. The number of pyridine rings is 1. The van der Waals surface area contributed by atoms with Crippen molar-refractivity contribution in [3.05, 3.63) is 51.0 Å². The molecule has 2 N–H and O–H groups in total. The summed E-state index contributed by atoms with van der Waals surface area (Å²) in [6.07, 6.45) is 7.90. The van der Waals surface area contributed by atoms with Gasteiger partial charge in [0, 0.05) is 34.1 Å². The molecule has 0 saturated heterocycles. The third-order valence-electron chi connectivity index (χ3n) is 3.78. The molecule has 1 aliphatic carbocycles. The van der Waals surface area contributed by atoms with Crippen LogP contribution in [0, 0.1) is 6.92 Å². The van der Waals surface area contributed by atoms with Crippen LogP contribution in [0.15, 0.2) is 24.4 Å². The van der Waals surface area contributed by atoms with Crippen LogP contribution in [-0.2, 0) is 19.3 Å². The highest BCUT2D eigenvalue weighted by molar-refractivity contribution is 7.12. The summed E-state index contributed by atoms with van der Waals surface area (Å²) in [7, 11) is 0. The summed E-state index contributed by atoms with van der Waals surface area (Å²) in [5, 5.41) is 0. The third-order valence-corrected chi connectivity index (χ3v) is 5.15. The minimum Gasteiger partial charge on any atom is -0.323 e. The highest BCUT2D eigenvalue weighted by Gasteiger charge is 2.17. The van der Waals surface area contributed by atoms with Crippen LogP contribution in [0.1, 0.15) is 45.5 Å². The number of hydrogen-bond donors (Lipinski definition) is 1. The summed E-state index contributed by atoms with van der Waals surface area (Å²) in [5.41, 5.74) is 10.2. The molecule has 0 saturated carbocycles. The van der Waals surface area contributed by atoms with E-state index in [2.05, 4.69) is 30.1 Å². The summed E-state index contributed by atoms with van der Waals surface area (Å²) in [6, 6.07) is 6.61. The number of fused-ring (bicyclic) bond motifs is 1. The largest absolute Gasteiger partial charge is 0.323 e. The van der Waals surface area contributed by atoms with Gasteiger partial charge in [-0.3, -0.25) is 4.98 Å². The average Bonchev–Trinajstić information content (AvgIpc) is 2.85. The molecule has 2 heterocycles. The van der Waals surface area contributed by atoms with Crippen molar-refractivity contribution < 1.29 is 0 Å². The Labute approximate surface area is 118 Å². The van der Waals surface area contributed by atoms with Crippen molar-refractivity contribution in [2.75, 3.05) is 0 Å². The van der Waals surface area contributed by atoms with Crippen molar-refractivity contribution in [3.8, 4) is 0 Å². The Morgan fingerprint density at radius 3 is 2.89 bits per heavy atom. The van der Waals surface area contributed by atoms with E-state index in [1.54, 1.807) is 10.4 Å². The second kappa shape index (κ2) is 5.43. The maximum Gasteiger partial charge on any atom is 0.0446 e. The Balaban J connectivity index is 1.74. The molecule has 1 aliphatic rings. The molecule has 3 rings (SSSR count). The molecular formula is C16H20N2S. The Hall–Kier alpha value is -1.19. The van der Waals surface area contributed by atoms with Gasteiger partial charge in [-0.2, -0.15) is 0 Å². The van der Waals surface area contributed by atoms with Gasteiger partial charge in [-0.15, -0.1) is 11.3 Å². The second-order valence-corrected chi connectivity index (χ2v) is 6.61. The molecule has 0 bridgehead atoms. The first-order valence-corrected chi connectivity index (χ1v) is 7.82. The van der Waals surface area contributed by atoms with Gasteiger partial charge in [0.1, 0.15) is 0 Å². The lowest BCUT2D eigenvalue weighted by molar-refractivity contribution is 0.694. The molecule has 2 aromatic rings. The van der Waals surface area contributed by atoms with E-state index in [4.69, 9.17) is 5.73 Å². The van der Waals surface area contributed by atoms with E-state index in [0.717, 1.165) is 12.1 Å². The van der Waals surface area contributed by atoms with Gasteiger partial charge in [-0.05, 0) is 55.9 Å². The molecule has 1 atom stereocenters. The van der Waals surface area contributed by atoms with Crippen molar-refractivity contribution >= 4 is 11.3 Å². The number of aryl methyl sites for hydroxylation is 3. The van der Waals surface area contributed by atoms with Gasteiger partial charge in [0.15, 0.2) is 0 Å². The van der Waals surface area contributed by atoms with Crippen molar-refractivity contribution in [2.45, 2.75) is 45.1 Å². The molecule has 100 valence electrons. The Morgan fingerprint density at radius 2 is 2.16 bits per heavy atom. The molecule has 19 heavy (non-hydrogen) atoms. The normalized spacial score (nSPS) is 16.1. The summed E-state index contributed by atoms with van der Waals surface area (Å²) in [5.74, 6) is 0. The Kier molecular flexibility index (Phi) is 3.67. The van der Waals surface area contributed by atoms with E-state index in [-0.39, 0.29) is 6.04 Å². The average molecular weight is 272 g/mol. The number of thiophene rings is 1. The SMILES string of the molecule is Cc1ccc(CC(N)c2cc3c(s2)CCCC3)nc1. The van der Waals surface area contributed by atoms with Crippen molar-refractivity contribution in [1.82, 2.24) is 4.98 Å². The first-order chi connectivity index (χ1) is 9.22. The van der Waals surface area contributed by atoms with Crippen molar-refractivity contribution in [2.24, 2.45) is 5.73 Å². The van der Waals surface area contributed by atoms with E-state index in [1.807, 2.05) is 17.5 Å². The monoisotopic (exact) mass is 272 g/mol. The molecule has 0 aliphatic heterocycles. The highest BCUT2D eigenvalue weighted by atomic mass is 32.1. The Morgan fingerprint density at radius 1 is 1.32 bits per heavy atom. The van der Waals surface area contributed by atoms with Crippen LogP contribution >= 0.6 is 11.3 Å². The van der Waals surface area contributed by atoms with Gasteiger partial charge in [-0.25, -0.2) is 0 Å². The molecule has 0 spiro atoms. The minimum absolute atomic E-state index is 0.0887. The molecule has 0 amide bonds. The second-order valence-electron chi connectivity index (χ2n) is 5.44. The van der Waals surface area contributed by atoms with Crippen molar-refractivity contribution in [1.29, 1.82) is 0 Å². The predicted octanol–water partition coefficient (Wildman–Crippen LogP) is 3.57. The summed E-state index contributed by atoms with van der Waals surface area (Å²) < 4.78 is 0.